The maximum atomic E-state index is 12.7. The van der Waals surface area contributed by atoms with Crippen molar-refractivity contribution >= 4 is 89.5 Å². The van der Waals surface area contributed by atoms with E-state index < -0.39 is 284 Å². The largest absolute Gasteiger partial charge is 0.460 e. The van der Waals surface area contributed by atoms with Crippen LogP contribution in [0.4, 0.5) is 79.0 Å². The van der Waals surface area contributed by atoms with Crippen molar-refractivity contribution in [3.8, 4) is 0 Å². The Morgan fingerprint density at radius 2 is 0.405 bits per heavy atom. The summed E-state index contributed by atoms with van der Waals surface area (Å²) in [5.41, 5.74) is -12.2. The highest BCUT2D eigenvalue weighted by Crippen LogP contribution is 2.68. The molecule has 8 saturated carbocycles. The van der Waals surface area contributed by atoms with Gasteiger partial charge in [-0.15, -0.1) is 0 Å². The van der Waals surface area contributed by atoms with E-state index in [0.717, 1.165) is 48.0 Å². The van der Waals surface area contributed by atoms with Crippen molar-refractivity contribution in [2.45, 2.75) is 432 Å². The van der Waals surface area contributed by atoms with Crippen LogP contribution in [0.1, 0.15) is 304 Å². The van der Waals surface area contributed by atoms with Crippen LogP contribution in [-0.2, 0) is 143 Å². The fourth-order valence-electron chi connectivity index (χ4n) is 18.4. The van der Waals surface area contributed by atoms with Crippen LogP contribution < -0.4 is 0 Å². The minimum atomic E-state index is -4.71. The number of alkyl halides is 18. The summed E-state index contributed by atoms with van der Waals surface area (Å²) in [6, 6.07) is 0. The molecule has 12 fully saturated rings. The van der Waals surface area contributed by atoms with Crippen LogP contribution >= 0.6 is 0 Å². The molecule has 148 heavy (non-hydrogen) atoms. The molecule has 0 spiro atoms. The van der Waals surface area contributed by atoms with Crippen LogP contribution in [0.3, 0.4) is 0 Å². The lowest BCUT2D eigenvalue weighted by molar-refractivity contribution is -0.222. The topological polar surface area (TPSA) is 394 Å². The Morgan fingerprint density at radius 3 is 0.554 bits per heavy atom. The number of ether oxygens (including phenoxy) is 15. The molecule has 848 valence electrons. The quantitative estimate of drug-likeness (QED) is 0.0304. The van der Waals surface area contributed by atoms with Gasteiger partial charge in [0.15, 0.2) is 58.3 Å². The summed E-state index contributed by atoms with van der Waals surface area (Å²) in [6.07, 6.45) is -41.9. The second-order valence-electron chi connectivity index (χ2n) is 45.8. The standard InChI is InChI=1S/4C18H23F3O6.C10H20O2.2C9H15F3O2/c4*1-5-16(3,4)13(22)26-11-9-6-10-12(11)27-15(24)17(10,7-9)14(23)25-8(2)18(19,20)21;1-7-10(5,6)8(11)12-9(2,3)4;2*1-5-8(3,4)7(13)14-6(2)9(10,11)12/h4*8-12H,5-7H2,1-4H3;7H2,1-6H3;2*6H,5H2,1-4H3. The number of rotatable bonds is 28. The molecular weight excluding hydrogens is 2020 g/mol. The third-order valence-corrected chi connectivity index (χ3v) is 31.6. The fourth-order valence-corrected chi connectivity index (χ4v) is 18.4. The molecule has 4 aliphatic heterocycles. The van der Waals surface area contributed by atoms with Gasteiger partial charge < -0.3 is 71.1 Å². The Labute approximate surface area is 847 Å². The van der Waals surface area contributed by atoms with E-state index >= 15 is 0 Å². The van der Waals surface area contributed by atoms with Crippen molar-refractivity contribution in [3.05, 3.63) is 0 Å². The average molecular weight is 2170 g/mol. The summed E-state index contributed by atoms with van der Waals surface area (Å²) in [6.45, 7) is 46.9. The van der Waals surface area contributed by atoms with E-state index in [4.69, 9.17) is 42.6 Å². The monoisotopic (exact) mass is 2160 g/mol. The van der Waals surface area contributed by atoms with E-state index in [-0.39, 0.29) is 66.3 Å². The normalized spacial score (nSPS) is 30.0. The minimum absolute atomic E-state index is 0.0269. The lowest BCUT2D eigenvalue weighted by atomic mass is 9.73. The number of fused-ring (bicyclic) bond motifs is 4. The molecule has 12 aliphatic rings. The summed E-state index contributed by atoms with van der Waals surface area (Å²) in [7, 11) is 0. The van der Waals surface area contributed by atoms with Gasteiger partial charge in [-0.3, -0.25) is 71.9 Å². The highest BCUT2D eigenvalue weighted by molar-refractivity contribution is 6.06. The SMILES string of the molecule is CCC(C)(C)C(=O)OC(C)(C)C.CCC(C)(C)C(=O)OC(C)C(F)(F)F.CCC(C)(C)C(=O)OC(C)C(F)(F)F.CCC(C)(C)C(=O)OC1C2CC3C1OC(=O)C3(C(=O)OC(C)C(F)(F)F)C2.CCC(C)(C)C(=O)OC1C2CC3C1OC(=O)C3(C(=O)OC(C)C(F)(F)F)C2.CCC(C)(C)C(=O)OC1C2CC3C1OC(=O)C3(C(=O)OC(C)C(F)(F)F)C2.CCC(C)(C)C(=O)OC1C2CC3C1OC(=O)C3(C(=O)OC(C)C(F)(F)F)C2. The summed E-state index contributed by atoms with van der Waals surface area (Å²) >= 11 is 0. The molecule has 0 N–H and O–H groups in total. The fraction of sp³-hybridized carbons (Fsp3) is 0.850. The molecule has 12 rings (SSSR count). The number of carbonyl (C=O) groups excluding carboxylic acids is 15. The van der Waals surface area contributed by atoms with Gasteiger partial charge in [-0.1, -0.05) is 48.5 Å². The zero-order chi connectivity index (χ0) is 115. The van der Waals surface area contributed by atoms with Gasteiger partial charge in [0.25, 0.3) is 0 Å². The van der Waals surface area contributed by atoms with Crippen molar-refractivity contribution in [3.63, 3.8) is 0 Å². The van der Waals surface area contributed by atoms with Gasteiger partial charge in [-0.25, -0.2) is 0 Å². The van der Waals surface area contributed by atoms with Gasteiger partial charge in [-0.05, 0) is 256 Å². The second-order valence-corrected chi connectivity index (χ2v) is 45.8. The molecular formula is C100H142F18O30. The van der Waals surface area contributed by atoms with Crippen LogP contribution in [0.2, 0.25) is 0 Å². The van der Waals surface area contributed by atoms with E-state index in [1.165, 1.54) is 0 Å². The maximum Gasteiger partial charge on any atom is 0.425 e. The molecule has 8 aliphatic carbocycles. The van der Waals surface area contributed by atoms with Crippen LogP contribution in [0, 0.1) is 107 Å². The van der Waals surface area contributed by atoms with Crippen molar-refractivity contribution in [1.82, 2.24) is 0 Å². The molecule has 0 amide bonds. The summed E-state index contributed by atoms with van der Waals surface area (Å²) in [5, 5.41) is 0. The molecule has 4 saturated heterocycles. The van der Waals surface area contributed by atoms with Gasteiger partial charge in [0.1, 0.15) is 54.4 Å². The van der Waals surface area contributed by atoms with Crippen LogP contribution in [-0.4, -0.2) is 218 Å². The van der Waals surface area contributed by atoms with Crippen molar-refractivity contribution in [2.24, 2.45) is 107 Å². The smallest absolute Gasteiger partial charge is 0.425 e. The third kappa shape index (κ3) is 26.8. The first kappa shape index (κ1) is 127. The Bertz CT molecular complexity index is 4350. The number of hydrogen-bond donors (Lipinski definition) is 0. The second kappa shape index (κ2) is 44.8. The van der Waals surface area contributed by atoms with Crippen LogP contribution in [0.5, 0.6) is 0 Å². The number of carbonyl (C=O) groups is 15. The first-order chi connectivity index (χ1) is 66.8. The highest BCUT2D eigenvalue weighted by atomic mass is 19.4. The molecule has 0 radical (unpaired) electrons. The van der Waals surface area contributed by atoms with Crippen molar-refractivity contribution in [2.75, 3.05) is 0 Å². The predicted molar refractivity (Wildman–Crippen MR) is 478 cm³/mol. The molecule has 26 atom stereocenters. The van der Waals surface area contributed by atoms with Gasteiger partial charge in [0.05, 0.1) is 37.9 Å². The first-order valence-corrected chi connectivity index (χ1v) is 49.4. The zero-order valence-electron chi connectivity index (χ0n) is 88.9. The Morgan fingerprint density at radius 1 is 0.257 bits per heavy atom. The minimum Gasteiger partial charge on any atom is -0.460 e. The number of halogens is 18. The molecule has 0 aromatic carbocycles. The lowest BCUT2D eigenvalue weighted by Gasteiger charge is -2.33. The molecule has 0 aromatic heterocycles. The molecule has 4 heterocycles. The molecule has 26 unspecified atom stereocenters. The lowest BCUT2D eigenvalue weighted by Crippen LogP contribution is -2.48. The summed E-state index contributed by atoms with van der Waals surface area (Å²) < 4.78 is 300. The van der Waals surface area contributed by atoms with Gasteiger partial charge in [0, 0.05) is 47.3 Å². The van der Waals surface area contributed by atoms with Crippen LogP contribution in [0.25, 0.3) is 0 Å². The van der Waals surface area contributed by atoms with E-state index in [2.05, 4.69) is 28.4 Å². The van der Waals surface area contributed by atoms with E-state index in [1.54, 1.807) is 96.9 Å². The predicted octanol–water partition coefficient (Wildman–Crippen LogP) is 19.7. The Balaban J connectivity index is 0.000000270. The zero-order valence-corrected chi connectivity index (χ0v) is 88.9. The molecule has 0 aromatic rings. The number of esters is 15. The van der Waals surface area contributed by atoms with E-state index in [0.29, 0.717) is 64.2 Å². The Kier molecular flexibility index (Phi) is 38.6. The Hall–Kier alpha value is -9.21. The van der Waals surface area contributed by atoms with Crippen LogP contribution in [0.15, 0.2) is 0 Å². The third-order valence-electron chi connectivity index (χ3n) is 31.6. The average Bonchev–Trinajstić information content (AvgIpc) is 1.54. The van der Waals surface area contributed by atoms with Gasteiger partial charge >= 0.3 is 127 Å². The molecule has 30 nitrogen and oxygen atoms in total. The van der Waals surface area contributed by atoms with E-state index in [9.17, 15) is 151 Å². The molecule has 8 bridgehead atoms. The van der Waals surface area contributed by atoms with Crippen molar-refractivity contribution in [1.29, 1.82) is 0 Å². The summed E-state index contributed by atoms with van der Waals surface area (Å²) in [4.78, 5) is 183. The van der Waals surface area contributed by atoms with E-state index in [1.807, 2.05) is 69.2 Å². The highest BCUT2D eigenvalue weighted by Gasteiger charge is 2.81. The number of hydrogen-bond acceptors (Lipinski definition) is 30. The summed E-state index contributed by atoms with van der Waals surface area (Å²) in [5.74, 6) is -15.6. The first-order valence-electron chi connectivity index (χ1n) is 49.4. The van der Waals surface area contributed by atoms with Gasteiger partial charge in [-0.2, -0.15) is 79.0 Å². The molecule has 48 heteroatoms. The van der Waals surface area contributed by atoms with Crippen molar-refractivity contribution < 1.29 is 222 Å². The van der Waals surface area contributed by atoms with Gasteiger partial charge in [0.2, 0.25) is 0 Å². The maximum absolute atomic E-state index is 12.7.